The van der Waals surface area contributed by atoms with Gasteiger partial charge < -0.3 is 4.98 Å². The molecule has 0 saturated heterocycles. The van der Waals surface area contributed by atoms with Gasteiger partial charge in [-0.05, 0) is 0 Å². The minimum Gasteiger partial charge on any atom is -0.301 e. The number of hydrogen-bond acceptors (Lipinski definition) is 2. The van der Waals surface area contributed by atoms with Crippen molar-refractivity contribution in [1.29, 1.82) is 0 Å². The first kappa shape index (κ1) is 5.15. The van der Waals surface area contributed by atoms with Crippen molar-refractivity contribution in [3.63, 3.8) is 0 Å². The second kappa shape index (κ2) is 1.86. The van der Waals surface area contributed by atoms with Crippen molar-refractivity contribution in [2.75, 3.05) is 0 Å². The smallest absolute Gasteiger partial charge is 0.301 e. The molecule has 0 amide bonds. The fourth-order valence-electron chi connectivity index (χ4n) is 0.473. The minimum atomic E-state index is -0.234. The Hall–Kier alpha value is -0.995. The second-order valence-electron chi connectivity index (χ2n) is 1.48. The molecule has 0 aromatic carbocycles. The average Bonchev–Trinajstić information content (AvgIpc) is 2.14. The molecule has 8 heavy (non-hydrogen) atoms. The summed E-state index contributed by atoms with van der Waals surface area (Å²) in [4.78, 5) is 12.8. The third kappa shape index (κ3) is 0.802. The van der Waals surface area contributed by atoms with Gasteiger partial charge in [0.2, 0.25) is 7.28 Å². The predicted molar refractivity (Wildman–Crippen MR) is 31.9 cm³/mol. The lowest BCUT2D eigenvalue weighted by atomic mass is 9.82. The molecule has 0 atom stereocenters. The molecule has 1 aromatic rings. The Morgan fingerprint density at radius 1 is 1.75 bits per heavy atom. The summed E-state index contributed by atoms with van der Waals surface area (Å²) in [5.74, 6) is 0. The molecule has 0 spiro atoms. The summed E-state index contributed by atoms with van der Waals surface area (Å²) in [5, 5.41) is 5.90. The third-order valence-electron chi connectivity index (χ3n) is 0.885. The van der Waals surface area contributed by atoms with Crippen molar-refractivity contribution in [2.24, 2.45) is 0 Å². The lowest BCUT2D eigenvalue weighted by Gasteiger charge is -1.74. The van der Waals surface area contributed by atoms with Crippen LogP contribution in [0.25, 0.3) is 0 Å². The van der Waals surface area contributed by atoms with Crippen molar-refractivity contribution in [1.82, 2.24) is 15.2 Å². The Balaban J connectivity index is 3.01. The zero-order chi connectivity index (χ0) is 5.98. The molecule has 0 unspecified atom stereocenters. The van der Waals surface area contributed by atoms with Crippen LogP contribution in [0.1, 0.15) is 0 Å². The summed E-state index contributed by atoms with van der Waals surface area (Å²) < 4.78 is 0. The van der Waals surface area contributed by atoms with Gasteiger partial charge >= 0.3 is 5.69 Å². The number of H-pyrrole nitrogens is 2. The minimum absolute atomic E-state index is 0.234. The Bertz CT molecular complexity index is 214. The molecule has 0 fully saturated rings. The van der Waals surface area contributed by atoms with Crippen LogP contribution in [0, 0.1) is 0 Å². The molecular formula is C3H6BN3O. The van der Waals surface area contributed by atoms with Gasteiger partial charge in [0.25, 0.3) is 0 Å². The molecule has 0 bridgehead atoms. The van der Waals surface area contributed by atoms with Crippen molar-refractivity contribution in [3.05, 3.63) is 10.5 Å². The van der Waals surface area contributed by atoms with E-state index in [9.17, 15) is 4.79 Å². The largest absolute Gasteiger partial charge is 0.339 e. The Morgan fingerprint density at radius 2 is 2.50 bits per heavy atom. The molecule has 1 heterocycles. The van der Waals surface area contributed by atoms with Crippen molar-refractivity contribution in [2.45, 2.75) is 6.82 Å². The fraction of sp³-hybridized carbons (Fsp3) is 0.333. The third-order valence-corrected chi connectivity index (χ3v) is 0.885. The van der Waals surface area contributed by atoms with Gasteiger partial charge in [-0.1, -0.05) is 6.82 Å². The summed E-state index contributed by atoms with van der Waals surface area (Å²) in [7, 11) is 0.763. The highest BCUT2D eigenvalue weighted by atomic mass is 16.1. The van der Waals surface area contributed by atoms with Gasteiger partial charge in [0.15, 0.2) is 0 Å². The summed E-state index contributed by atoms with van der Waals surface area (Å²) >= 11 is 0. The average molecular weight is 111 g/mol. The van der Waals surface area contributed by atoms with Crippen LogP contribution in [0.3, 0.4) is 0 Å². The Morgan fingerprint density at radius 3 is 2.75 bits per heavy atom. The van der Waals surface area contributed by atoms with E-state index >= 15 is 0 Å². The van der Waals surface area contributed by atoms with Gasteiger partial charge in [-0.15, -0.1) is 0 Å². The molecule has 42 valence electrons. The van der Waals surface area contributed by atoms with Crippen LogP contribution in [0.4, 0.5) is 0 Å². The Labute approximate surface area is 46.6 Å². The first-order chi connectivity index (χ1) is 3.83. The SMILES string of the molecule is CBc1n[nH]c(=O)[nH]1. The number of aromatic amines is 2. The molecule has 0 radical (unpaired) electrons. The number of hydrogen-bond donors (Lipinski definition) is 2. The van der Waals surface area contributed by atoms with Crippen LogP contribution >= 0.6 is 0 Å². The molecule has 1 rings (SSSR count). The molecule has 2 N–H and O–H groups in total. The van der Waals surface area contributed by atoms with E-state index in [1.165, 1.54) is 0 Å². The molecule has 5 heteroatoms. The molecule has 1 aromatic heterocycles. The van der Waals surface area contributed by atoms with E-state index in [4.69, 9.17) is 0 Å². The van der Waals surface area contributed by atoms with Crippen molar-refractivity contribution in [3.8, 4) is 0 Å². The standard InChI is InChI=1S/C3H6BN3O/c1-4-2-5-3(8)7-6-2/h4H,1H3,(H2,5,6,7,8). The number of aromatic nitrogens is 3. The summed E-state index contributed by atoms with van der Waals surface area (Å²) in [5.41, 5.74) is 0.469. The maximum Gasteiger partial charge on any atom is 0.339 e. The Kier molecular flexibility index (Phi) is 1.19. The zero-order valence-corrected chi connectivity index (χ0v) is 4.56. The van der Waals surface area contributed by atoms with Gasteiger partial charge in [-0.2, -0.15) is 5.10 Å². The summed E-state index contributed by atoms with van der Waals surface area (Å²) in [6, 6.07) is 0. The van der Waals surface area contributed by atoms with Gasteiger partial charge in [-0.25, -0.2) is 9.89 Å². The van der Waals surface area contributed by atoms with E-state index in [1.54, 1.807) is 0 Å². The number of rotatable bonds is 1. The highest BCUT2D eigenvalue weighted by Gasteiger charge is 1.91. The lowest BCUT2D eigenvalue weighted by molar-refractivity contribution is 1.06. The van der Waals surface area contributed by atoms with Crippen molar-refractivity contribution >= 4 is 13.0 Å². The summed E-state index contributed by atoms with van der Waals surface area (Å²) in [6.07, 6.45) is 0. The van der Waals surface area contributed by atoms with E-state index in [2.05, 4.69) is 15.2 Å². The van der Waals surface area contributed by atoms with Gasteiger partial charge in [0.05, 0.1) is 5.72 Å². The van der Waals surface area contributed by atoms with Crippen LogP contribution in [0.5, 0.6) is 0 Å². The first-order valence-corrected chi connectivity index (χ1v) is 2.46. The molecule has 0 aliphatic carbocycles. The molecular weight excluding hydrogens is 105 g/mol. The number of nitrogens with one attached hydrogen (secondary N) is 2. The number of nitrogens with zero attached hydrogens (tertiary/aromatic N) is 1. The maximum absolute atomic E-state index is 10.3. The predicted octanol–water partition coefficient (Wildman–Crippen LogP) is -1.79. The van der Waals surface area contributed by atoms with Crippen LogP contribution in [-0.2, 0) is 0 Å². The summed E-state index contributed by atoms with van der Waals surface area (Å²) in [6.45, 7) is 1.92. The van der Waals surface area contributed by atoms with E-state index in [1.807, 2.05) is 6.82 Å². The molecule has 4 nitrogen and oxygen atoms in total. The normalized spacial score (nSPS) is 9.12. The molecule has 0 aliphatic heterocycles. The van der Waals surface area contributed by atoms with E-state index in [0.29, 0.717) is 5.72 Å². The lowest BCUT2D eigenvalue weighted by Crippen LogP contribution is -2.17. The zero-order valence-electron chi connectivity index (χ0n) is 4.56. The highest BCUT2D eigenvalue weighted by Crippen LogP contribution is 1.50. The quantitative estimate of drug-likeness (QED) is 0.420. The van der Waals surface area contributed by atoms with Gasteiger partial charge in [0.1, 0.15) is 0 Å². The monoisotopic (exact) mass is 111 g/mol. The van der Waals surface area contributed by atoms with Crippen molar-refractivity contribution < 1.29 is 0 Å². The van der Waals surface area contributed by atoms with E-state index in [0.717, 1.165) is 7.28 Å². The second-order valence-corrected chi connectivity index (χ2v) is 1.48. The topological polar surface area (TPSA) is 61.5 Å². The van der Waals surface area contributed by atoms with Gasteiger partial charge in [0, 0.05) is 0 Å². The van der Waals surface area contributed by atoms with Gasteiger partial charge in [-0.3, -0.25) is 0 Å². The molecule has 0 aliphatic rings. The highest BCUT2D eigenvalue weighted by molar-refractivity contribution is 6.49. The fourth-order valence-corrected chi connectivity index (χ4v) is 0.473. The van der Waals surface area contributed by atoms with E-state index < -0.39 is 0 Å². The van der Waals surface area contributed by atoms with E-state index in [-0.39, 0.29) is 5.69 Å². The van der Waals surface area contributed by atoms with Crippen LogP contribution < -0.4 is 11.4 Å². The van der Waals surface area contributed by atoms with Crippen LogP contribution in [0.2, 0.25) is 6.82 Å². The maximum atomic E-state index is 10.3. The first-order valence-electron chi connectivity index (χ1n) is 2.46. The van der Waals surface area contributed by atoms with Crippen LogP contribution in [0.15, 0.2) is 4.79 Å². The molecule has 0 saturated carbocycles. The van der Waals surface area contributed by atoms with Crippen LogP contribution in [-0.4, -0.2) is 22.5 Å².